The molecule has 4 bridgehead atoms. The zero-order valence-electron chi connectivity index (χ0n) is 60.2. The molecule has 4 atom stereocenters. The largest absolute Gasteiger partial charge is 0.508 e. The number of carbonyl (C=O) groups excluding carboxylic acids is 5. The molecule has 22 heteroatoms. The number of aromatic hydroxyl groups is 1. The summed E-state index contributed by atoms with van der Waals surface area (Å²) in [7, 11) is 1.48. The summed E-state index contributed by atoms with van der Waals surface area (Å²) >= 11 is 3.39. The number of aryl methyl sites for hydroxylation is 1. The number of nitrogens with zero attached hydrogens (tertiary/aromatic N) is 6. The van der Waals surface area contributed by atoms with E-state index in [2.05, 4.69) is 99.6 Å². The summed E-state index contributed by atoms with van der Waals surface area (Å²) in [5, 5.41) is 38.9. The first-order chi connectivity index (χ1) is 47.3. The first-order valence-corrected chi connectivity index (χ1v) is 34.8. The van der Waals surface area contributed by atoms with Crippen molar-refractivity contribution in [1.29, 1.82) is 15.8 Å². The number of Topliss-reactive ketones (excluding diaryl/α,β-unsaturated/α-hetero) is 3. The standard InChI is InChI=1S/C52H67N9O8.C13H17NO.C7H5NO.C6H13Br/c1-31-26-43(64)47(35-12-16-45(69-25-22-56)39(29-35)38-27-33(9-15-44(38)68-24-21-55)28-40(59-50(31)65)41(62)8-7-19-53)61(6)51(66)36(17-20-54)30-42(63)46-32(2)58-49(60-48(46)57)34-10-13-37(14-11-34)67-23-18-52(3,4)5;1-13(2,3)8-9-15-12-6-4-11(10-14)5-7-12;8-5-6-1-3-7(9)4-2-6;1-6(2,3)4-5-7/h9-16,27,29,31,36,40,47H,7-8,17-18,20-26,28,30,54-56H2,1-6H3,(H,59,65)(H2,57,58,60);4-7H,8-9H2,1-3H3;1-4,9H;4-5H2,1-3H3/t31-,36-,40+,47+;;;/m1.../s1. The number of hydrogen-bond donors (Lipinski definition) is 6. The second-order valence-corrected chi connectivity index (χ2v) is 28.9. The van der Waals surface area contributed by atoms with Crippen molar-refractivity contribution >= 4 is 50.9 Å². The Morgan fingerprint density at radius 1 is 0.690 bits per heavy atom. The lowest BCUT2D eigenvalue weighted by Gasteiger charge is -2.32. The number of rotatable bonds is 24. The van der Waals surface area contributed by atoms with Gasteiger partial charge in [0.1, 0.15) is 53.8 Å². The summed E-state index contributed by atoms with van der Waals surface area (Å²) in [5.74, 6) is -1.54. The fourth-order valence-electron chi connectivity index (χ4n) is 10.1. The molecule has 1 aromatic heterocycles. The molecule has 100 heavy (non-hydrogen) atoms. The van der Waals surface area contributed by atoms with Crippen LogP contribution in [0.1, 0.15) is 165 Å². The van der Waals surface area contributed by atoms with Gasteiger partial charge in [0, 0.05) is 79.7 Å². The van der Waals surface area contributed by atoms with Crippen LogP contribution in [0.2, 0.25) is 0 Å². The van der Waals surface area contributed by atoms with Crippen LogP contribution >= 0.6 is 15.9 Å². The number of amides is 2. The minimum Gasteiger partial charge on any atom is -0.508 e. The molecule has 6 aromatic rings. The third kappa shape index (κ3) is 28.2. The molecule has 2 amide bonds. The Bertz CT molecular complexity index is 3750. The maximum absolute atomic E-state index is 14.8. The van der Waals surface area contributed by atoms with E-state index in [4.69, 9.17) is 57.5 Å². The van der Waals surface area contributed by atoms with Gasteiger partial charge in [-0.15, -0.1) is 0 Å². The van der Waals surface area contributed by atoms with Crippen LogP contribution in [0, 0.1) is 69.0 Å². The molecular formula is C78H102BrN11O10. The molecule has 0 aliphatic carbocycles. The molecule has 0 unspecified atom stereocenters. The highest BCUT2D eigenvalue weighted by atomic mass is 79.9. The van der Waals surface area contributed by atoms with Gasteiger partial charge in [0.15, 0.2) is 23.2 Å². The predicted octanol–water partition coefficient (Wildman–Crippen LogP) is 12.9. The number of benzene rings is 5. The van der Waals surface area contributed by atoms with E-state index < -0.39 is 47.3 Å². The van der Waals surface area contributed by atoms with Crippen LogP contribution in [0.4, 0.5) is 5.82 Å². The van der Waals surface area contributed by atoms with Crippen molar-refractivity contribution in [3.05, 3.63) is 143 Å². The second-order valence-electron chi connectivity index (χ2n) is 28.1. The van der Waals surface area contributed by atoms with Gasteiger partial charge < -0.3 is 57.2 Å². The number of nitriles is 3. The molecule has 0 spiro atoms. The third-order valence-corrected chi connectivity index (χ3v) is 16.3. The van der Waals surface area contributed by atoms with Crippen LogP contribution in [0.25, 0.3) is 22.5 Å². The smallest absolute Gasteiger partial charge is 0.226 e. The number of phenols is 1. The quantitative estimate of drug-likeness (QED) is 0.0242. The summed E-state index contributed by atoms with van der Waals surface area (Å²) in [4.78, 5) is 81.5. The van der Waals surface area contributed by atoms with E-state index in [0.29, 0.717) is 85.1 Å². The molecule has 21 nitrogen and oxygen atoms in total. The van der Waals surface area contributed by atoms with Crippen LogP contribution in [-0.2, 0) is 25.6 Å². The van der Waals surface area contributed by atoms with Gasteiger partial charge in [-0.1, -0.05) is 97.3 Å². The number of phenolic OH excluding ortho intramolecular Hbond substituents is 1. The van der Waals surface area contributed by atoms with Crippen molar-refractivity contribution in [3.63, 3.8) is 0 Å². The summed E-state index contributed by atoms with van der Waals surface area (Å²) < 4.78 is 23.7. The molecule has 0 fully saturated rings. The topological polar surface area (TPSA) is 359 Å². The molecule has 0 radical (unpaired) electrons. The van der Waals surface area contributed by atoms with Crippen molar-refractivity contribution in [2.45, 2.75) is 146 Å². The maximum Gasteiger partial charge on any atom is 0.226 e. The number of carbonyl (C=O) groups is 5. The van der Waals surface area contributed by atoms with E-state index in [1.165, 1.54) is 30.5 Å². The number of nitrogens with two attached hydrogens (primary N) is 4. The number of ketones is 3. The number of likely N-dealkylation sites (N-methyl/N-ethyl adjacent to an activating group) is 1. The Kier molecular flexibility index (Phi) is 33.9. The molecule has 7 rings (SSSR count). The monoisotopic (exact) mass is 1430 g/mol. The van der Waals surface area contributed by atoms with Crippen LogP contribution in [0.5, 0.6) is 28.7 Å². The number of alkyl halides is 1. The van der Waals surface area contributed by atoms with Gasteiger partial charge in [0.05, 0.1) is 59.8 Å². The normalized spacial score (nSPS) is 14.7. The van der Waals surface area contributed by atoms with Crippen LogP contribution in [0.15, 0.2) is 109 Å². The van der Waals surface area contributed by atoms with E-state index in [0.717, 1.165) is 30.5 Å². The second kappa shape index (κ2) is 40.7. The van der Waals surface area contributed by atoms with Gasteiger partial charge in [-0.25, -0.2) is 9.97 Å². The molecule has 536 valence electrons. The van der Waals surface area contributed by atoms with Crippen molar-refractivity contribution in [3.8, 4) is 69.5 Å². The Labute approximate surface area is 599 Å². The van der Waals surface area contributed by atoms with Gasteiger partial charge in [0.2, 0.25) is 11.8 Å². The van der Waals surface area contributed by atoms with Gasteiger partial charge >= 0.3 is 0 Å². The lowest BCUT2D eigenvalue weighted by Crippen LogP contribution is -2.46. The Morgan fingerprint density at radius 2 is 1.21 bits per heavy atom. The Morgan fingerprint density at radius 3 is 1.69 bits per heavy atom. The van der Waals surface area contributed by atoms with Crippen molar-refractivity contribution < 1.29 is 48.0 Å². The first kappa shape index (κ1) is 83.2. The number of aromatic nitrogens is 2. The third-order valence-electron chi connectivity index (χ3n) is 15.9. The molecule has 0 saturated heterocycles. The Balaban J connectivity index is 0.000000555. The van der Waals surface area contributed by atoms with Crippen molar-refractivity contribution in [2.75, 3.05) is 64.2 Å². The average molecular weight is 1430 g/mol. The fourth-order valence-corrected chi connectivity index (χ4v) is 11.3. The first-order valence-electron chi connectivity index (χ1n) is 33.7. The molecule has 2 heterocycles. The van der Waals surface area contributed by atoms with E-state index in [1.807, 2.05) is 54.6 Å². The maximum atomic E-state index is 14.8. The summed E-state index contributed by atoms with van der Waals surface area (Å²) in [6, 6.07) is 34.7. The van der Waals surface area contributed by atoms with Gasteiger partial charge in [-0.05, 0) is 170 Å². The molecular weight excluding hydrogens is 1330 g/mol. The zero-order valence-corrected chi connectivity index (χ0v) is 61.8. The van der Waals surface area contributed by atoms with Gasteiger partial charge in [-0.2, -0.15) is 15.8 Å². The van der Waals surface area contributed by atoms with Crippen LogP contribution < -0.4 is 47.2 Å². The van der Waals surface area contributed by atoms with Gasteiger partial charge in [0.25, 0.3) is 0 Å². The molecule has 1 aliphatic rings. The van der Waals surface area contributed by atoms with Crippen LogP contribution in [0.3, 0.4) is 0 Å². The van der Waals surface area contributed by atoms with E-state index in [9.17, 15) is 29.2 Å². The van der Waals surface area contributed by atoms with Crippen LogP contribution in [-0.4, -0.2) is 114 Å². The van der Waals surface area contributed by atoms with E-state index in [-0.39, 0.29) is 99.7 Å². The predicted molar refractivity (Wildman–Crippen MR) is 394 cm³/mol. The number of anilines is 1. The Hall–Kier alpha value is -9.24. The zero-order chi connectivity index (χ0) is 74.3. The number of halogens is 1. The molecule has 0 saturated carbocycles. The molecule has 1 aliphatic heterocycles. The highest BCUT2D eigenvalue weighted by Gasteiger charge is 2.37. The number of ether oxygens (including phenoxy) is 4. The minimum absolute atomic E-state index is 0.0410. The van der Waals surface area contributed by atoms with Crippen molar-refractivity contribution in [1.82, 2.24) is 20.2 Å². The number of hydrogen-bond acceptors (Lipinski definition) is 19. The van der Waals surface area contributed by atoms with Gasteiger partial charge in [-0.3, -0.25) is 24.0 Å². The number of nitrogen functional groups attached to an aromatic ring is 1. The summed E-state index contributed by atoms with van der Waals surface area (Å²) in [6.07, 6.45) is 2.57. The summed E-state index contributed by atoms with van der Waals surface area (Å²) in [6.45, 7) is 25.0. The molecule has 5 aromatic carbocycles. The minimum atomic E-state index is -1.28. The lowest BCUT2D eigenvalue weighted by atomic mass is 9.88. The number of nitrogens with one attached hydrogen (secondary N) is 1. The average Bonchev–Trinajstić information content (AvgIpc) is 0.785. The molecule has 10 N–H and O–H groups in total. The number of fused-ring (bicyclic) bond motifs is 5. The van der Waals surface area contributed by atoms with Crippen molar-refractivity contribution in [2.24, 2.45) is 45.3 Å². The van der Waals surface area contributed by atoms with E-state index in [1.54, 1.807) is 68.4 Å². The highest BCUT2D eigenvalue weighted by molar-refractivity contribution is 9.09. The van der Waals surface area contributed by atoms with E-state index >= 15 is 0 Å². The fraction of sp³-hybridized carbons (Fsp3) is 0.462. The lowest BCUT2D eigenvalue weighted by molar-refractivity contribution is -0.142. The SMILES string of the molecule is CC(C)(C)CCBr.CC(C)(C)CCOc1ccc(C#N)cc1.Cc1nc(-c2ccc(OCCC(C)(C)C)cc2)nc(N)c1C(=O)C[C@@H](CCN)C(=O)N(C)[C@@H]1C(=O)C[C@@H](C)C(=O)N[C@H](C(=O)CCC#N)Cc2ccc(OCCN)c(c2)-c2cc1ccc2OCCN.N#Cc1ccc(O)cc1. The highest BCUT2D eigenvalue weighted by Crippen LogP contribution is 2.41. The summed E-state index contributed by atoms with van der Waals surface area (Å²) in [5.41, 5.74) is 29.6.